The van der Waals surface area contributed by atoms with E-state index >= 15 is 0 Å². The summed E-state index contributed by atoms with van der Waals surface area (Å²) in [4.78, 5) is 32.0. The summed E-state index contributed by atoms with van der Waals surface area (Å²) in [6, 6.07) is 13.0. The number of Topliss-reactive ketones (excluding diaryl/α,β-unsaturated/α-hetero) is 1. The molecule has 7 heteroatoms. The molecule has 1 aliphatic heterocycles. The largest absolute Gasteiger partial charge is 0.507 e. The highest BCUT2D eigenvalue weighted by Gasteiger charge is 2.47. The highest BCUT2D eigenvalue weighted by Crippen LogP contribution is 2.43. The van der Waals surface area contributed by atoms with Crippen molar-refractivity contribution in [3.05, 3.63) is 93.8 Å². The molecule has 1 fully saturated rings. The zero-order chi connectivity index (χ0) is 23.0. The Bertz CT molecular complexity index is 1230. The maximum absolute atomic E-state index is 13.2. The normalized spacial score (nSPS) is 17.6. The van der Waals surface area contributed by atoms with Crippen LogP contribution in [0.4, 0.5) is 5.69 Å². The predicted octanol–water partition coefficient (Wildman–Crippen LogP) is 4.99. The summed E-state index contributed by atoms with van der Waals surface area (Å²) >= 11 is 6.14. The Hall–Kier alpha value is -3.64. The Morgan fingerprint density at radius 1 is 1.09 bits per heavy atom. The summed E-state index contributed by atoms with van der Waals surface area (Å²) in [5.41, 5.74) is 3.23. The summed E-state index contributed by atoms with van der Waals surface area (Å²) in [5, 5.41) is 11.6. The number of aliphatic hydroxyl groups is 1. The van der Waals surface area contributed by atoms with Crippen LogP contribution in [0.15, 0.2) is 66.5 Å². The maximum Gasteiger partial charge on any atom is 0.300 e. The van der Waals surface area contributed by atoms with Crippen LogP contribution in [-0.2, 0) is 9.59 Å². The van der Waals surface area contributed by atoms with Crippen LogP contribution in [0.25, 0.3) is 5.76 Å². The van der Waals surface area contributed by atoms with Crippen molar-refractivity contribution in [3.8, 4) is 5.75 Å². The van der Waals surface area contributed by atoms with Crippen LogP contribution >= 0.6 is 11.6 Å². The number of hydrogen-bond acceptors (Lipinski definition) is 5. The molecule has 32 heavy (non-hydrogen) atoms. The highest BCUT2D eigenvalue weighted by atomic mass is 35.5. The van der Waals surface area contributed by atoms with E-state index in [1.807, 2.05) is 32.0 Å². The van der Waals surface area contributed by atoms with Gasteiger partial charge in [-0.25, -0.2) is 0 Å². The molecule has 0 bridgehead atoms. The van der Waals surface area contributed by atoms with E-state index in [4.69, 9.17) is 16.3 Å². The van der Waals surface area contributed by atoms with Gasteiger partial charge in [0.15, 0.2) is 0 Å². The van der Waals surface area contributed by atoms with Crippen LogP contribution in [0.1, 0.15) is 28.3 Å². The monoisotopic (exact) mass is 448 g/mol. The number of ketones is 1. The Morgan fingerprint density at radius 2 is 1.81 bits per heavy atom. The average molecular weight is 449 g/mol. The van der Waals surface area contributed by atoms with E-state index in [0.29, 0.717) is 22.0 Å². The van der Waals surface area contributed by atoms with Gasteiger partial charge in [-0.3, -0.25) is 19.5 Å². The zero-order valence-electron chi connectivity index (χ0n) is 17.8. The van der Waals surface area contributed by atoms with Crippen LogP contribution < -0.4 is 9.64 Å². The number of ether oxygens (including phenoxy) is 1. The molecular formula is C25H21ClN2O4. The number of hydrogen-bond donors (Lipinski definition) is 1. The number of carbonyl (C=O) groups is 2. The van der Waals surface area contributed by atoms with Gasteiger partial charge in [0.25, 0.3) is 11.7 Å². The van der Waals surface area contributed by atoms with Crippen molar-refractivity contribution in [2.24, 2.45) is 0 Å². The number of methoxy groups -OCH3 is 1. The van der Waals surface area contributed by atoms with Gasteiger partial charge in [-0.2, -0.15) is 0 Å². The second-order valence-corrected chi connectivity index (χ2v) is 8.08. The second-order valence-electron chi connectivity index (χ2n) is 7.65. The third-order valence-corrected chi connectivity index (χ3v) is 5.58. The first-order valence-electron chi connectivity index (χ1n) is 9.95. The lowest BCUT2D eigenvalue weighted by Crippen LogP contribution is -2.29. The lowest BCUT2D eigenvalue weighted by Gasteiger charge is -2.26. The Kier molecular flexibility index (Phi) is 5.72. The molecule has 1 aromatic heterocycles. The van der Waals surface area contributed by atoms with Gasteiger partial charge < -0.3 is 9.84 Å². The molecule has 1 aliphatic rings. The fourth-order valence-electron chi connectivity index (χ4n) is 4.05. The lowest BCUT2D eigenvalue weighted by molar-refractivity contribution is -0.132. The molecule has 0 radical (unpaired) electrons. The molecule has 4 rings (SSSR count). The Labute approximate surface area is 190 Å². The number of aryl methyl sites for hydroxylation is 2. The summed E-state index contributed by atoms with van der Waals surface area (Å²) in [6.07, 6.45) is 3.18. The molecule has 6 nitrogen and oxygen atoms in total. The summed E-state index contributed by atoms with van der Waals surface area (Å²) < 4.78 is 5.35. The van der Waals surface area contributed by atoms with E-state index in [1.165, 1.54) is 18.1 Å². The molecule has 0 aliphatic carbocycles. The first-order chi connectivity index (χ1) is 15.3. The number of pyridine rings is 1. The lowest BCUT2D eigenvalue weighted by atomic mass is 9.95. The van der Waals surface area contributed by atoms with Crippen molar-refractivity contribution in [1.29, 1.82) is 0 Å². The zero-order valence-corrected chi connectivity index (χ0v) is 18.6. The molecule has 1 amide bonds. The minimum atomic E-state index is -0.867. The third kappa shape index (κ3) is 3.74. The van der Waals surface area contributed by atoms with Gasteiger partial charge in [0, 0.05) is 23.1 Å². The molecule has 0 spiro atoms. The van der Waals surface area contributed by atoms with Crippen molar-refractivity contribution in [2.75, 3.05) is 12.0 Å². The van der Waals surface area contributed by atoms with Crippen LogP contribution in [0.2, 0.25) is 5.02 Å². The van der Waals surface area contributed by atoms with E-state index in [-0.39, 0.29) is 16.9 Å². The van der Waals surface area contributed by atoms with Gasteiger partial charge in [-0.15, -0.1) is 0 Å². The predicted molar refractivity (Wildman–Crippen MR) is 123 cm³/mol. The summed E-state index contributed by atoms with van der Waals surface area (Å²) in [7, 11) is 1.45. The fraction of sp³-hybridized carbons (Fsp3) is 0.160. The molecular weight excluding hydrogens is 428 g/mol. The minimum Gasteiger partial charge on any atom is -0.507 e. The van der Waals surface area contributed by atoms with Gasteiger partial charge in [-0.05, 0) is 66.9 Å². The quantitative estimate of drug-likeness (QED) is 0.345. The van der Waals surface area contributed by atoms with E-state index in [9.17, 15) is 14.7 Å². The summed E-state index contributed by atoms with van der Waals surface area (Å²) in [5.74, 6) is -1.55. The molecule has 2 aromatic carbocycles. The number of anilines is 1. The number of benzene rings is 2. The van der Waals surface area contributed by atoms with Crippen molar-refractivity contribution in [2.45, 2.75) is 19.9 Å². The van der Waals surface area contributed by atoms with Crippen molar-refractivity contribution < 1.29 is 19.4 Å². The SMILES string of the molecule is COc1ccc(Cl)cc1/C(O)=C1\C(=O)C(=O)N(c2cc(C)cc(C)c2)C1c1cccnc1. The van der Waals surface area contributed by atoms with Gasteiger partial charge in [-0.1, -0.05) is 23.7 Å². The first-order valence-corrected chi connectivity index (χ1v) is 10.3. The fourth-order valence-corrected chi connectivity index (χ4v) is 4.22. The number of carbonyl (C=O) groups excluding carboxylic acids is 2. The van der Waals surface area contributed by atoms with E-state index < -0.39 is 17.7 Å². The van der Waals surface area contributed by atoms with E-state index in [1.54, 1.807) is 36.7 Å². The number of nitrogens with zero attached hydrogens (tertiary/aromatic N) is 2. The van der Waals surface area contributed by atoms with Crippen molar-refractivity contribution in [3.63, 3.8) is 0 Å². The number of aromatic nitrogens is 1. The topological polar surface area (TPSA) is 79.7 Å². The maximum atomic E-state index is 13.2. The first kappa shape index (κ1) is 21.6. The molecule has 2 heterocycles. The minimum absolute atomic E-state index is 0.0530. The van der Waals surface area contributed by atoms with Crippen LogP contribution in [0.3, 0.4) is 0 Å². The average Bonchev–Trinajstić information content (AvgIpc) is 3.04. The molecule has 162 valence electrons. The van der Waals surface area contributed by atoms with Crippen LogP contribution in [0.5, 0.6) is 5.75 Å². The second kappa shape index (κ2) is 8.48. The number of rotatable bonds is 4. The Balaban J connectivity index is 2.00. The van der Waals surface area contributed by atoms with E-state index in [2.05, 4.69) is 4.98 Å². The summed E-state index contributed by atoms with van der Waals surface area (Å²) in [6.45, 7) is 3.84. The van der Waals surface area contributed by atoms with Gasteiger partial charge in [0.2, 0.25) is 0 Å². The standard InChI is InChI=1S/C25H21ClN2O4/c1-14-9-15(2)11-18(10-14)28-22(16-5-4-8-27-13-16)21(24(30)25(28)31)23(29)19-12-17(26)6-7-20(19)32-3/h4-13,22,29H,1-3H3/b23-21+. The molecule has 3 aromatic rings. The smallest absolute Gasteiger partial charge is 0.300 e. The molecule has 1 atom stereocenters. The number of aliphatic hydroxyl groups excluding tert-OH is 1. The number of amides is 1. The number of halogens is 1. The molecule has 1 N–H and O–H groups in total. The third-order valence-electron chi connectivity index (χ3n) is 5.35. The van der Waals surface area contributed by atoms with Gasteiger partial charge in [0.05, 0.1) is 24.3 Å². The van der Waals surface area contributed by atoms with Crippen molar-refractivity contribution in [1.82, 2.24) is 4.98 Å². The van der Waals surface area contributed by atoms with Crippen molar-refractivity contribution >= 4 is 34.7 Å². The van der Waals surface area contributed by atoms with E-state index in [0.717, 1.165) is 11.1 Å². The molecule has 1 unspecified atom stereocenters. The van der Waals surface area contributed by atoms with Crippen LogP contribution in [-0.4, -0.2) is 28.9 Å². The Morgan fingerprint density at radius 3 is 2.44 bits per heavy atom. The van der Waals surface area contributed by atoms with Gasteiger partial charge in [0.1, 0.15) is 11.5 Å². The molecule has 0 saturated carbocycles. The molecule has 1 saturated heterocycles. The van der Waals surface area contributed by atoms with Gasteiger partial charge >= 0.3 is 0 Å². The van der Waals surface area contributed by atoms with Crippen LogP contribution in [0, 0.1) is 13.8 Å². The highest BCUT2D eigenvalue weighted by molar-refractivity contribution is 6.51.